The molecule has 0 saturated heterocycles. The minimum atomic E-state index is -0.232. The monoisotopic (exact) mass is 287 g/mol. The number of esters is 1. The molecule has 4 heteroatoms. The highest BCUT2D eigenvalue weighted by Gasteiger charge is 2.42. The van der Waals surface area contributed by atoms with E-state index in [1.807, 2.05) is 11.4 Å². The molecule has 1 aliphatic rings. The van der Waals surface area contributed by atoms with Crippen LogP contribution < -0.4 is 0 Å². The first kappa shape index (κ1) is 13.3. The highest BCUT2D eigenvalue weighted by molar-refractivity contribution is 7.09. The summed E-state index contributed by atoms with van der Waals surface area (Å²) in [5, 5.41) is 3.11. The molecule has 0 N–H and O–H groups in total. The number of hydrogen-bond donors (Lipinski definition) is 0. The van der Waals surface area contributed by atoms with Gasteiger partial charge >= 0.3 is 5.97 Å². The first-order chi connectivity index (χ1) is 9.74. The van der Waals surface area contributed by atoms with Gasteiger partial charge in [-0.15, -0.1) is 11.3 Å². The average molecular weight is 287 g/mol. The number of carbonyl (C=O) groups is 1. The minimum absolute atomic E-state index is 0.0697. The number of benzene rings is 1. The first-order valence-corrected chi connectivity index (χ1v) is 7.70. The number of rotatable bonds is 4. The Bertz CT molecular complexity index is 602. The Hall–Kier alpha value is -1.68. The molecule has 1 aromatic heterocycles. The van der Waals surface area contributed by atoms with E-state index in [1.54, 1.807) is 11.3 Å². The van der Waals surface area contributed by atoms with Gasteiger partial charge in [-0.2, -0.15) is 0 Å². The summed E-state index contributed by atoms with van der Waals surface area (Å²) in [6.07, 6.45) is 3.78. The van der Waals surface area contributed by atoms with Crippen molar-refractivity contribution in [3.63, 3.8) is 0 Å². The standard InChI is InChI=1S/C16H17NO2S/c1-19-14(18)10-13-11-20-15(17-13)16(8-5-9-16)12-6-3-2-4-7-12/h2-4,6-7,11H,5,8-10H2,1H3. The molecule has 1 heterocycles. The van der Waals surface area contributed by atoms with Crippen molar-refractivity contribution in [2.45, 2.75) is 31.1 Å². The van der Waals surface area contributed by atoms with Gasteiger partial charge in [0.15, 0.2) is 0 Å². The number of hydrogen-bond acceptors (Lipinski definition) is 4. The Morgan fingerprint density at radius 2 is 2.10 bits per heavy atom. The molecule has 0 spiro atoms. The molecule has 0 amide bonds. The van der Waals surface area contributed by atoms with E-state index in [9.17, 15) is 4.79 Å². The third-order valence-corrected chi connectivity index (χ3v) is 5.14. The molecular weight excluding hydrogens is 270 g/mol. The molecule has 1 fully saturated rings. The maximum absolute atomic E-state index is 11.3. The molecule has 104 valence electrons. The highest BCUT2D eigenvalue weighted by Crippen LogP contribution is 2.49. The zero-order valence-electron chi connectivity index (χ0n) is 11.5. The van der Waals surface area contributed by atoms with E-state index in [2.05, 4.69) is 29.2 Å². The molecule has 1 aromatic carbocycles. The van der Waals surface area contributed by atoms with Gasteiger partial charge in [-0.25, -0.2) is 4.98 Å². The summed E-state index contributed by atoms with van der Waals surface area (Å²) in [6, 6.07) is 10.6. The maximum Gasteiger partial charge on any atom is 0.311 e. The van der Waals surface area contributed by atoms with Crippen molar-refractivity contribution in [1.29, 1.82) is 0 Å². The van der Waals surface area contributed by atoms with Crippen LogP contribution in [0.4, 0.5) is 0 Å². The fourth-order valence-corrected chi connectivity index (χ4v) is 3.84. The summed E-state index contributed by atoms with van der Waals surface area (Å²) in [5.41, 5.74) is 2.23. The molecule has 3 rings (SSSR count). The van der Waals surface area contributed by atoms with Gasteiger partial charge in [0, 0.05) is 10.8 Å². The lowest BCUT2D eigenvalue weighted by Gasteiger charge is -2.40. The van der Waals surface area contributed by atoms with Gasteiger partial charge in [-0.05, 0) is 18.4 Å². The van der Waals surface area contributed by atoms with Gasteiger partial charge in [-0.1, -0.05) is 36.8 Å². The smallest absolute Gasteiger partial charge is 0.311 e. The fourth-order valence-electron chi connectivity index (χ4n) is 2.74. The summed E-state index contributed by atoms with van der Waals surface area (Å²) in [5.74, 6) is -0.232. The van der Waals surface area contributed by atoms with Gasteiger partial charge < -0.3 is 4.74 Å². The van der Waals surface area contributed by atoms with Crippen molar-refractivity contribution < 1.29 is 9.53 Å². The number of aromatic nitrogens is 1. The minimum Gasteiger partial charge on any atom is -0.469 e. The van der Waals surface area contributed by atoms with E-state index in [4.69, 9.17) is 4.74 Å². The van der Waals surface area contributed by atoms with E-state index < -0.39 is 0 Å². The lowest BCUT2D eigenvalue weighted by molar-refractivity contribution is -0.139. The van der Waals surface area contributed by atoms with Gasteiger partial charge in [0.25, 0.3) is 0 Å². The highest BCUT2D eigenvalue weighted by atomic mass is 32.1. The number of methoxy groups -OCH3 is 1. The fraction of sp³-hybridized carbons (Fsp3) is 0.375. The zero-order chi connectivity index (χ0) is 14.0. The Morgan fingerprint density at radius 1 is 1.35 bits per heavy atom. The third-order valence-electron chi connectivity index (χ3n) is 4.05. The lowest BCUT2D eigenvalue weighted by Crippen LogP contribution is -2.35. The molecule has 2 aromatic rings. The normalized spacial score (nSPS) is 16.4. The van der Waals surface area contributed by atoms with Crippen molar-refractivity contribution in [2.24, 2.45) is 0 Å². The molecular formula is C16H17NO2S. The van der Waals surface area contributed by atoms with Crippen LogP contribution in [0, 0.1) is 0 Å². The van der Waals surface area contributed by atoms with Crippen molar-refractivity contribution >= 4 is 17.3 Å². The summed E-state index contributed by atoms with van der Waals surface area (Å²) < 4.78 is 4.70. The molecule has 3 nitrogen and oxygen atoms in total. The SMILES string of the molecule is COC(=O)Cc1csc(C2(c3ccccc3)CCC2)n1. The van der Waals surface area contributed by atoms with E-state index in [0.717, 1.165) is 23.5 Å². The number of carbonyl (C=O) groups excluding carboxylic acids is 1. The van der Waals surface area contributed by atoms with Crippen LogP contribution in [-0.2, 0) is 21.4 Å². The summed E-state index contributed by atoms with van der Waals surface area (Å²) in [7, 11) is 1.41. The Kier molecular flexibility index (Phi) is 3.57. The van der Waals surface area contributed by atoms with Crippen molar-refractivity contribution in [1.82, 2.24) is 4.98 Å². The van der Waals surface area contributed by atoms with Gasteiger partial charge in [0.05, 0.1) is 19.2 Å². The van der Waals surface area contributed by atoms with E-state index in [-0.39, 0.29) is 17.8 Å². The predicted octanol–water partition coefficient (Wildman–Crippen LogP) is 3.33. The van der Waals surface area contributed by atoms with Crippen LogP contribution in [0.2, 0.25) is 0 Å². The molecule has 20 heavy (non-hydrogen) atoms. The zero-order valence-corrected chi connectivity index (χ0v) is 12.3. The Balaban J connectivity index is 1.89. The van der Waals surface area contributed by atoms with Crippen molar-refractivity contribution in [3.05, 3.63) is 52.0 Å². The topological polar surface area (TPSA) is 39.2 Å². The maximum atomic E-state index is 11.3. The quantitative estimate of drug-likeness (QED) is 0.810. The molecule has 0 atom stereocenters. The first-order valence-electron chi connectivity index (χ1n) is 6.82. The van der Waals surface area contributed by atoms with Crippen LogP contribution in [0.15, 0.2) is 35.7 Å². The summed E-state index contributed by atoms with van der Waals surface area (Å²) >= 11 is 1.66. The molecule has 1 aliphatic carbocycles. The number of ether oxygens (including phenoxy) is 1. The van der Waals surface area contributed by atoms with Gasteiger partial charge in [-0.3, -0.25) is 4.79 Å². The van der Waals surface area contributed by atoms with Crippen LogP contribution in [0.1, 0.15) is 35.5 Å². The van der Waals surface area contributed by atoms with Crippen molar-refractivity contribution in [2.75, 3.05) is 7.11 Å². The Morgan fingerprint density at radius 3 is 2.70 bits per heavy atom. The van der Waals surface area contributed by atoms with Crippen LogP contribution in [0.5, 0.6) is 0 Å². The third kappa shape index (κ3) is 2.24. The van der Waals surface area contributed by atoms with Crippen LogP contribution in [0.3, 0.4) is 0 Å². The van der Waals surface area contributed by atoms with Crippen molar-refractivity contribution in [3.8, 4) is 0 Å². The molecule has 1 saturated carbocycles. The second-order valence-electron chi connectivity index (χ2n) is 5.20. The average Bonchev–Trinajstić information content (AvgIpc) is 2.87. The lowest BCUT2D eigenvalue weighted by atomic mass is 9.65. The number of thiazole rings is 1. The van der Waals surface area contributed by atoms with E-state index in [1.165, 1.54) is 19.1 Å². The largest absolute Gasteiger partial charge is 0.469 e. The van der Waals surface area contributed by atoms with Crippen LogP contribution in [-0.4, -0.2) is 18.1 Å². The molecule has 0 bridgehead atoms. The molecule has 0 aliphatic heterocycles. The predicted molar refractivity (Wildman–Crippen MR) is 78.9 cm³/mol. The van der Waals surface area contributed by atoms with E-state index in [0.29, 0.717) is 0 Å². The summed E-state index contributed by atoms with van der Waals surface area (Å²) in [4.78, 5) is 16.0. The second kappa shape index (κ2) is 5.37. The molecule has 0 unspecified atom stereocenters. The Labute approximate surface area is 122 Å². The van der Waals surface area contributed by atoms with Gasteiger partial charge in [0.2, 0.25) is 0 Å². The summed E-state index contributed by atoms with van der Waals surface area (Å²) in [6.45, 7) is 0. The van der Waals surface area contributed by atoms with Crippen LogP contribution >= 0.6 is 11.3 Å². The van der Waals surface area contributed by atoms with E-state index >= 15 is 0 Å². The van der Waals surface area contributed by atoms with Gasteiger partial charge in [0.1, 0.15) is 5.01 Å². The van der Waals surface area contributed by atoms with Crippen LogP contribution in [0.25, 0.3) is 0 Å². The molecule has 0 radical (unpaired) electrons. The number of nitrogens with zero attached hydrogens (tertiary/aromatic N) is 1. The second-order valence-corrected chi connectivity index (χ2v) is 6.06.